The zero-order valence-electron chi connectivity index (χ0n) is 17.2. The van der Waals surface area contributed by atoms with Crippen LogP contribution in [-0.2, 0) is 12.1 Å². The lowest BCUT2D eigenvalue weighted by atomic mass is 9.77. The van der Waals surface area contributed by atoms with E-state index in [0.29, 0.717) is 34.9 Å². The second-order valence-corrected chi connectivity index (χ2v) is 7.89. The average molecular weight is 424 g/mol. The Morgan fingerprint density at radius 1 is 1.03 bits per heavy atom. The molecule has 3 heterocycles. The number of pyridine rings is 1. The first-order chi connectivity index (χ1) is 15.5. The molecule has 3 aromatic heterocycles. The van der Waals surface area contributed by atoms with Crippen molar-refractivity contribution in [3.05, 3.63) is 71.7 Å². The van der Waals surface area contributed by atoms with Gasteiger partial charge in [-0.3, -0.25) is 4.98 Å². The van der Waals surface area contributed by atoms with E-state index in [1.807, 2.05) is 24.3 Å². The van der Waals surface area contributed by atoms with Crippen LogP contribution in [0.15, 0.2) is 54.7 Å². The van der Waals surface area contributed by atoms with Gasteiger partial charge in [0, 0.05) is 5.56 Å². The summed E-state index contributed by atoms with van der Waals surface area (Å²) in [5.41, 5.74) is 9.60. The molecule has 4 aromatic rings. The number of hydrogen-bond donors (Lipinski definition) is 2. The number of hydrogen-bond acceptors (Lipinski definition) is 8. The Hall–Kier alpha value is -4.16. The van der Waals surface area contributed by atoms with Crippen LogP contribution in [0.2, 0.25) is 0 Å². The number of aromatic nitrogens is 6. The highest BCUT2D eigenvalue weighted by molar-refractivity contribution is 5.68. The Morgan fingerprint density at radius 2 is 1.84 bits per heavy atom. The summed E-state index contributed by atoms with van der Waals surface area (Å²) in [4.78, 5) is 13.2. The molecule has 3 N–H and O–H groups in total. The quantitative estimate of drug-likeness (QED) is 0.498. The Labute approximate surface area is 184 Å². The molecule has 1 saturated carbocycles. The minimum absolute atomic E-state index is 0.109. The molecular weight excluding hydrogens is 404 g/mol. The molecule has 0 atom stereocenters. The summed E-state index contributed by atoms with van der Waals surface area (Å²) in [6.07, 6.45) is 4.26. The van der Waals surface area contributed by atoms with Crippen LogP contribution in [0, 0.1) is 11.3 Å². The summed E-state index contributed by atoms with van der Waals surface area (Å²) in [5.74, 6) is 0.109. The van der Waals surface area contributed by atoms with Crippen molar-refractivity contribution in [2.75, 3.05) is 5.73 Å². The monoisotopic (exact) mass is 424 g/mol. The fraction of sp³-hybridized carbons (Fsp3) is 0.217. The van der Waals surface area contributed by atoms with Crippen molar-refractivity contribution in [2.45, 2.75) is 31.4 Å². The molecule has 158 valence electrons. The fourth-order valence-electron chi connectivity index (χ4n) is 3.75. The molecule has 0 spiro atoms. The molecule has 0 bridgehead atoms. The van der Waals surface area contributed by atoms with Gasteiger partial charge in [-0.05, 0) is 49.6 Å². The average Bonchev–Trinajstić information content (AvgIpc) is 3.26. The second-order valence-electron chi connectivity index (χ2n) is 7.89. The van der Waals surface area contributed by atoms with E-state index < -0.39 is 5.60 Å². The van der Waals surface area contributed by atoms with Crippen molar-refractivity contribution in [1.29, 1.82) is 5.26 Å². The van der Waals surface area contributed by atoms with Gasteiger partial charge in [0.25, 0.3) is 0 Å². The van der Waals surface area contributed by atoms with Gasteiger partial charge in [0.05, 0.1) is 47.1 Å². The minimum Gasteiger partial charge on any atom is -0.384 e. The van der Waals surface area contributed by atoms with E-state index in [-0.39, 0.29) is 5.95 Å². The van der Waals surface area contributed by atoms with E-state index in [0.717, 1.165) is 30.5 Å². The van der Waals surface area contributed by atoms with Crippen LogP contribution in [0.1, 0.15) is 36.2 Å². The molecule has 1 aromatic carbocycles. The molecule has 0 unspecified atom stereocenters. The van der Waals surface area contributed by atoms with Crippen molar-refractivity contribution < 1.29 is 5.11 Å². The molecule has 1 aliphatic carbocycles. The van der Waals surface area contributed by atoms with Crippen molar-refractivity contribution >= 4 is 5.95 Å². The van der Waals surface area contributed by atoms with Crippen molar-refractivity contribution in [2.24, 2.45) is 0 Å². The summed E-state index contributed by atoms with van der Waals surface area (Å²) < 4.78 is 1.67. The summed E-state index contributed by atoms with van der Waals surface area (Å²) >= 11 is 0. The highest BCUT2D eigenvalue weighted by Crippen LogP contribution is 2.40. The lowest BCUT2D eigenvalue weighted by Gasteiger charge is -2.36. The van der Waals surface area contributed by atoms with Crippen LogP contribution in [0.25, 0.3) is 22.6 Å². The van der Waals surface area contributed by atoms with Crippen molar-refractivity contribution in [3.63, 3.8) is 0 Å². The van der Waals surface area contributed by atoms with E-state index in [1.54, 1.807) is 35.1 Å². The topological polar surface area (TPSA) is 139 Å². The lowest BCUT2D eigenvalue weighted by Crippen LogP contribution is -2.34. The third-order valence-electron chi connectivity index (χ3n) is 5.62. The van der Waals surface area contributed by atoms with Gasteiger partial charge >= 0.3 is 0 Å². The maximum atomic E-state index is 10.6. The normalized spacial score (nSPS) is 14.5. The summed E-state index contributed by atoms with van der Waals surface area (Å²) in [7, 11) is 0. The number of nitrogen functional groups attached to an aromatic ring is 1. The maximum absolute atomic E-state index is 10.6. The van der Waals surface area contributed by atoms with Gasteiger partial charge in [-0.1, -0.05) is 23.4 Å². The first-order valence-electron chi connectivity index (χ1n) is 10.3. The smallest absolute Gasteiger partial charge is 0.221 e. The van der Waals surface area contributed by atoms with E-state index in [1.165, 1.54) is 0 Å². The fourth-order valence-corrected chi connectivity index (χ4v) is 3.75. The van der Waals surface area contributed by atoms with Gasteiger partial charge in [-0.2, -0.15) is 5.26 Å². The lowest BCUT2D eigenvalue weighted by molar-refractivity contribution is -0.0427. The standard InChI is InChI=1S/C23H20N8O/c24-12-15-4-1-5-16(10-15)18-11-19(28-22(25)27-18)20-14-31(30-29-20)13-17-6-2-7-21(26-17)23(32)8-3-9-23/h1-2,4-7,10-11,14,32H,3,8-9,13H2,(H2,25,27,28). The summed E-state index contributed by atoms with van der Waals surface area (Å²) in [6.45, 7) is 0.411. The Balaban J connectivity index is 1.41. The van der Waals surface area contributed by atoms with E-state index in [9.17, 15) is 5.11 Å². The van der Waals surface area contributed by atoms with Crippen LogP contribution in [0.3, 0.4) is 0 Å². The van der Waals surface area contributed by atoms with Crippen LogP contribution < -0.4 is 5.73 Å². The molecule has 0 amide bonds. The van der Waals surface area contributed by atoms with E-state index >= 15 is 0 Å². The second kappa shape index (κ2) is 7.83. The van der Waals surface area contributed by atoms with E-state index in [2.05, 4.69) is 31.3 Å². The molecule has 0 saturated heterocycles. The Kier molecular flexibility index (Phi) is 4.84. The first-order valence-corrected chi connectivity index (χ1v) is 10.3. The number of nitrogens with zero attached hydrogens (tertiary/aromatic N) is 7. The molecule has 0 radical (unpaired) electrons. The van der Waals surface area contributed by atoms with E-state index in [4.69, 9.17) is 11.0 Å². The Bertz CT molecular complexity index is 1340. The van der Waals surface area contributed by atoms with Crippen LogP contribution in [0.5, 0.6) is 0 Å². The van der Waals surface area contributed by atoms with Crippen molar-refractivity contribution in [1.82, 2.24) is 29.9 Å². The number of anilines is 1. The van der Waals surface area contributed by atoms with Gasteiger partial charge in [0.2, 0.25) is 5.95 Å². The van der Waals surface area contributed by atoms with Crippen LogP contribution in [-0.4, -0.2) is 35.1 Å². The number of nitriles is 1. The van der Waals surface area contributed by atoms with Gasteiger partial charge in [0.1, 0.15) is 11.3 Å². The van der Waals surface area contributed by atoms with Gasteiger partial charge in [-0.15, -0.1) is 5.10 Å². The molecule has 0 aliphatic heterocycles. The Morgan fingerprint density at radius 3 is 2.62 bits per heavy atom. The first kappa shape index (κ1) is 19.8. The van der Waals surface area contributed by atoms with Gasteiger partial charge in [-0.25, -0.2) is 14.6 Å². The van der Waals surface area contributed by atoms with Gasteiger partial charge < -0.3 is 10.8 Å². The van der Waals surface area contributed by atoms with Crippen LogP contribution in [0.4, 0.5) is 5.95 Å². The number of rotatable bonds is 5. The zero-order valence-corrected chi connectivity index (χ0v) is 17.2. The molecule has 1 aliphatic rings. The molecule has 32 heavy (non-hydrogen) atoms. The molecule has 9 nitrogen and oxygen atoms in total. The number of nitrogens with two attached hydrogens (primary N) is 1. The zero-order chi connectivity index (χ0) is 22.1. The molecular formula is C23H20N8O. The number of benzene rings is 1. The predicted octanol–water partition coefficient (Wildman–Crippen LogP) is 2.67. The third-order valence-corrected chi connectivity index (χ3v) is 5.62. The summed E-state index contributed by atoms with van der Waals surface area (Å²) in [5, 5.41) is 28.1. The third kappa shape index (κ3) is 3.79. The number of aliphatic hydroxyl groups is 1. The minimum atomic E-state index is -0.804. The summed E-state index contributed by atoms with van der Waals surface area (Å²) in [6, 6.07) is 16.7. The molecule has 9 heteroatoms. The highest BCUT2D eigenvalue weighted by atomic mass is 16.3. The predicted molar refractivity (Wildman–Crippen MR) is 117 cm³/mol. The van der Waals surface area contributed by atoms with Crippen LogP contribution >= 0.6 is 0 Å². The maximum Gasteiger partial charge on any atom is 0.221 e. The van der Waals surface area contributed by atoms with Gasteiger partial charge in [0.15, 0.2) is 0 Å². The highest BCUT2D eigenvalue weighted by Gasteiger charge is 2.37. The SMILES string of the molecule is N#Cc1cccc(-c2cc(-c3cn(Cc4cccc(C5(O)CCC5)n4)nn3)nc(N)n2)c1. The van der Waals surface area contributed by atoms with Crippen molar-refractivity contribution in [3.8, 4) is 28.7 Å². The molecule has 1 fully saturated rings. The molecule has 5 rings (SSSR count). The largest absolute Gasteiger partial charge is 0.384 e.